The second-order valence-electron chi connectivity index (χ2n) is 5.38. The summed E-state index contributed by atoms with van der Waals surface area (Å²) in [6, 6.07) is 3.92. The highest BCUT2D eigenvalue weighted by molar-refractivity contribution is 8.05. The number of alkyl halides is 4. The lowest BCUT2D eigenvalue weighted by molar-refractivity contribution is -0.144. The monoisotopic (exact) mass is 377 g/mol. The summed E-state index contributed by atoms with van der Waals surface area (Å²) in [6.45, 7) is 1.61. The van der Waals surface area contributed by atoms with Gasteiger partial charge in [0.15, 0.2) is 0 Å². The number of nitrogens with two attached hydrogens (primary N) is 1. The molecule has 0 spiro atoms. The average Bonchev–Trinajstić information content (AvgIpc) is 2.77. The molecule has 2 rings (SSSR count). The van der Waals surface area contributed by atoms with Crippen molar-refractivity contribution in [3.8, 4) is 0 Å². The maximum Gasteiger partial charge on any atom is 0.416 e. The topological polar surface area (TPSA) is 69.4 Å². The van der Waals surface area contributed by atoms with Gasteiger partial charge in [-0.2, -0.15) is 13.2 Å². The molecular formula is C16H15F4NO3S. The van der Waals surface area contributed by atoms with Gasteiger partial charge in [-0.05, 0) is 24.1 Å². The van der Waals surface area contributed by atoms with Gasteiger partial charge in [0.1, 0.15) is 0 Å². The zero-order valence-corrected chi connectivity index (χ0v) is 14.1. The van der Waals surface area contributed by atoms with E-state index in [0.29, 0.717) is 11.8 Å². The lowest BCUT2D eigenvalue weighted by atomic mass is 9.93. The number of hydrogen-bond acceptors (Lipinski definition) is 5. The van der Waals surface area contributed by atoms with Crippen LogP contribution in [0.25, 0.3) is 5.57 Å². The van der Waals surface area contributed by atoms with Crippen molar-refractivity contribution in [3.05, 3.63) is 40.3 Å². The van der Waals surface area contributed by atoms with Crippen LogP contribution >= 0.6 is 11.8 Å². The minimum absolute atomic E-state index is 0.0244. The van der Waals surface area contributed by atoms with Crippen LogP contribution < -0.4 is 5.73 Å². The lowest BCUT2D eigenvalue weighted by Crippen LogP contribution is -2.37. The molecule has 0 saturated heterocycles. The zero-order chi connectivity index (χ0) is 19.0. The van der Waals surface area contributed by atoms with Crippen LogP contribution in [-0.4, -0.2) is 24.0 Å². The highest BCUT2D eigenvalue weighted by Crippen LogP contribution is 2.50. The van der Waals surface area contributed by atoms with Crippen molar-refractivity contribution >= 4 is 29.1 Å². The van der Waals surface area contributed by atoms with Gasteiger partial charge in [0.05, 0.1) is 18.6 Å². The van der Waals surface area contributed by atoms with Crippen LogP contribution in [0.1, 0.15) is 24.5 Å². The minimum Gasteiger partial charge on any atom is -0.469 e. The molecule has 25 heavy (non-hydrogen) atoms. The Kier molecular flexibility index (Phi) is 5.29. The van der Waals surface area contributed by atoms with Crippen LogP contribution in [0.3, 0.4) is 0 Å². The summed E-state index contributed by atoms with van der Waals surface area (Å²) in [7, 11) is 1.13. The Morgan fingerprint density at radius 2 is 2.04 bits per heavy atom. The van der Waals surface area contributed by atoms with Gasteiger partial charge in [-0.15, -0.1) is 0 Å². The van der Waals surface area contributed by atoms with Crippen LogP contribution in [0.4, 0.5) is 17.6 Å². The molecule has 0 aliphatic carbocycles. The SMILES string of the molecule is CCC(C(=O)OC)C1=C(c2cccc(C(F)(F)F)c2)C(=O)C(N)(F)S1. The van der Waals surface area contributed by atoms with Crippen molar-refractivity contribution < 1.29 is 31.9 Å². The smallest absolute Gasteiger partial charge is 0.416 e. The Morgan fingerprint density at radius 3 is 2.56 bits per heavy atom. The van der Waals surface area contributed by atoms with Gasteiger partial charge in [0.2, 0.25) is 5.78 Å². The number of ether oxygens (including phenoxy) is 1. The van der Waals surface area contributed by atoms with E-state index in [0.717, 1.165) is 25.3 Å². The van der Waals surface area contributed by atoms with Crippen molar-refractivity contribution in [1.29, 1.82) is 0 Å². The predicted molar refractivity (Wildman–Crippen MR) is 84.8 cm³/mol. The largest absolute Gasteiger partial charge is 0.469 e. The Morgan fingerprint density at radius 1 is 1.40 bits per heavy atom. The number of thioether (sulfide) groups is 1. The number of carbonyl (C=O) groups is 2. The molecule has 0 radical (unpaired) electrons. The molecule has 9 heteroatoms. The summed E-state index contributed by atoms with van der Waals surface area (Å²) in [5.41, 5.74) is 3.87. The third-order valence-electron chi connectivity index (χ3n) is 3.73. The Hall–Kier alpha value is -1.87. The summed E-state index contributed by atoms with van der Waals surface area (Å²) in [5.74, 6) is -2.89. The third kappa shape index (κ3) is 3.72. The van der Waals surface area contributed by atoms with Crippen LogP contribution in [0.2, 0.25) is 0 Å². The molecule has 0 bridgehead atoms. The first-order chi connectivity index (χ1) is 11.5. The Bertz CT molecular complexity index is 743. The number of halogens is 4. The molecule has 1 aromatic carbocycles. The van der Waals surface area contributed by atoms with Crippen molar-refractivity contribution in [1.82, 2.24) is 0 Å². The third-order valence-corrected chi connectivity index (χ3v) is 4.92. The highest BCUT2D eigenvalue weighted by atomic mass is 32.2. The van der Waals surface area contributed by atoms with E-state index in [2.05, 4.69) is 4.74 Å². The molecule has 0 aromatic heterocycles. The van der Waals surface area contributed by atoms with E-state index in [1.807, 2.05) is 0 Å². The van der Waals surface area contributed by atoms with E-state index < -0.39 is 34.5 Å². The van der Waals surface area contributed by atoms with E-state index in [1.54, 1.807) is 6.92 Å². The van der Waals surface area contributed by atoms with Gasteiger partial charge in [0.25, 0.3) is 5.12 Å². The number of benzene rings is 1. The molecule has 2 unspecified atom stereocenters. The Labute approximate surface area is 145 Å². The van der Waals surface area contributed by atoms with Gasteiger partial charge in [-0.25, -0.2) is 4.39 Å². The van der Waals surface area contributed by atoms with E-state index in [4.69, 9.17) is 5.73 Å². The van der Waals surface area contributed by atoms with Crippen molar-refractivity contribution in [2.45, 2.75) is 24.6 Å². The summed E-state index contributed by atoms with van der Waals surface area (Å²) in [4.78, 5) is 24.2. The molecule has 1 aromatic rings. The number of hydrogen-bond donors (Lipinski definition) is 1. The minimum atomic E-state index is -4.63. The van der Waals surface area contributed by atoms with Crippen molar-refractivity contribution in [2.24, 2.45) is 11.7 Å². The van der Waals surface area contributed by atoms with Gasteiger partial charge in [0, 0.05) is 10.5 Å². The zero-order valence-electron chi connectivity index (χ0n) is 13.3. The summed E-state index contributed by atoms with van der Waals surface area (Å²) < 4.78 is 57.8. The molecule has 1 aliphatic rings. The fraction of sp³-hybridized carbons (Fsp3) is 0.375. The standard InChI is InChI=1S/C16H15F4NO3S/c1-3-10(14(23)24-2)12-11(13(22)16(20,21)25-12)8-5-4-6-9(7-8)15(17,18)19/h4-7,10H,3,21H2,1-2H3. The van der Waals surface area contributed by atoms with E-state index in [9.17, 15) is 27.2 Å². The second kappa shape index (κ2) is 6.80. The number of esters is 1. The molecule has 0 saturated carbocycles. The van der Waals surface area contributed by atoms with Crippen LogP contribution in [0.15, 0.2) is 29.2 Å². The van der Waals surface area contributed by atoms with Gasteiger partial charge >= 0.3 is 12.1 Å². The number of rotatable bonds is 4. The summed E-state index contributed by atoms with van der Waals surface area (Å²) in [6.07, 6.45) is -4.46. The molecule has 1 heterocycles. The van der Waals surface area contributed by atoms with Gasteiger partial charge in [-0.3, -0.25) is 15.3 Å². The maximum atomic E-state index is 14.4. The highest BCUT2D eigenvalue weighted by Gasteiger charge is 2.49. The predicted octanol–water partition coefficient (Wildman–Crippen LogP) is 3.51. The molecule has 1 aliphatic heterocycles. The first kappa shape index (κ1) is 19.5. The second-order valence-corrected chi connectivity index (χ2v) is 6.62. The molecule has 136 valence electrons. The first-order valence-corrected chi connectivity index (χ1v) is 8.05. The average molecular weight is 377 g/mol. The van der Waals surface area contributed by atoms with Gasteiger partial charge < -0.3 is 4.74 Å². The molecule has 2 atom stereocenters. The normalized spacial score (nSPS) is 22.3. The van der Waals surface area contributed by atoms with Crippen LogP contribution in [0, 0.1) is 5.92 Å². The quantitative estimate of drug-likeness (QED) is 0.494. The van der Waals surface area contributed by atoms with Crippen molar-refractivity contribution in [2.75, 3.05) is 7.11 Å². The number of carbonyl (C=O) groups excluding carboxylic acids is 2. The number of Topliss-reactive ketones (excluding diaryl/α,β-unsaturated/α-hetero) is 1. The summed E-state index contributed by atoms with van der Waals surface area (Å²) >= 11 is 0.328. The molecule has 2 N–H and O–H groups in total. The van der Waals surface area contributed by atoms with Crippen molar-refractivity contribution in [3.63, 3.8) is 0 Å². The number of methoxy groups -OCH3 is 1. The lowest BCUT2D eigenvalue weighted by Gasteiger charge is -2.16. The summed E-state index contributed by atoms with van der Waals surface area (Å²) in [5, 5.41) is -2.85. The molecular weight excluding hydrogens is 362 g/mol. The van der Waals surface area contributed by atoms with E-state index >= 15 is 0 Å². The molecule has 0 fully saturated rings. The fourth-order valence-electron chi connectivity index (χ4n) is 2.51. The van der Waals surface area contributed by atoms with Crippen LogP contribution in [0.5, 0.6) is 0 Å². The van der Waals surface area contributed by atoms with Crippen LogP contribution in [-0.2, 0) is 20.5 Å². The maximum absolute atomic E-state index is 14.4. The molecule has 4 nitrogen and oxygen atoms in total. The van der Waals surface area contributed by atoms with Gasteiger partial charge in [-0.1, -0.05) is 30.8 Å². The number of ketones is 1. The Balaban J connectivity index is 2.65. The van der Waals surface area contributed by atoms with E-state index in [1.165, 1.54) is 6.07 Å². The first-order valence-electron chi connectivity index (χ1n) is 7.24. The van der Waals surface area contributed by atoms with E-state index in [-0.39, 0.29) is 22.5 Å². The fourth-order valence-corrected chi connectivity index (χ4v) is 3.74. The molecule has 0 amide bonds.